The summed E-state index contributed by atoms with van der Waals surface area (Å²) in [5.41, 5.74) is 2.82. The summed E-state index contributed by atoms with van der Waals surface area (Å²) < 4.78 is 48.3. The number of carboxylic acid groups (broad SMARTS) is 1. The number of ether oxygens (including phenoxy) is 1. The van der Waals surface area contributed by atoms with Crippen LogP contribution in [0.4, 0.5) is 24.7 Å². The molecule has 2 saturated carbocycles. The number of aromatic amines is 1. The Labute approximate surface area is 276 Å². The predicted octanol–water partition coefficient (Wildman–Crippen LogP) is 6.92. The molecule has 0 unspecified atom stereocenters. The van der Waals surface area contributed by atoms with Gasteiger partial charge >= 0.3 is 12.1 Å². The lowest BCUT2D eigenvalue weighted by Crippen LogP contribution is -2.37. The van der Waals surface area contributed by atoms with Gasteiger partial charge in [0, 0.05) is 44.8 Å². The number of aliphatic carboxylic acids is 1. The van der Waals surface area contributed by atoms with Gasteiger partial charge in [-0.3, -0.25) is 4.79 Å². The molecule has 0 spiro atoms. The fraction of sp³-hybridized carbons (Fsp3) is 0.514. The average Bonchev–Trinajstić information content (AvgIpc) is 3.67. The van der Waals surface area contributed by atoms with Crippen molar-refractivity contribution in [2.75, 3.05) is 50.2 Å². The summed E-state index contributed by atoms with van der Waals surface area (Å²) in [4.78, 5) is 37.7. The van der Waals surface area contributed by atoms with Gasteiger partial charge in [-0.2, -0.15) is 13.2 Å². The number of H-pyrrole nitrogens is 1. The number of hydrogen-bond donors (Lipinski definition) is 2. The van der Waals surface area contributed by atoms with Crippen molar-refractivity contribution in [1.82, 2.24) is 24.9 Å². The van der Waals surface area contributed by atoms with Crippen LogP contribution in [0.25, 0.3) is 33.9 Å². The molecule has 4 aromatic rings. The third-order valence-electron chi connectivity index (χ3n) is 10.3. The van der Waals surface area contributed by atoms with Gasteiger partial charge in [-0.1, -0.05) is 25.0 Å². The van der Waals surface area contributed by atoms with E-state index in [2.05, 4.69) is 19.9 Å². The topological polar surface area (TPSA) is 120 Å². The number of carboxylic acids is 1. The van der Waals surface area contributed by atoms with Crippen LogP contribution in [-0.4, -0.2) is 76.4 Å². The van der Waals surface area contributed by atoms with Crippen molar-refractivity contribution in [3.05, 3.63) is 47.8 Å². The number of carbonyl (C=O) groups is 1. The lowest BCUT2D eigenvalue weighted by Gasteiger charge is -2.34. The van der Waals surface area contributed by atoms with E-state index in [1.54, 1.807) is 31.6 Å². The number of benzene rings is 1. The molecule has 0 atom stereocenters. The average molecular weight is 664 g/mol. The van der Waals surface area contributed by atoms with Crippen molar-refractivity contribution in [2.45, 2.75) is 63.5 Å². The standard InChI is InChI=1S/C35H40F3N7O3/c1-44(19-34(20-48-2)11-3-4-12-34)28-16-26(23-7-8-24(21-5-6-21)25(15-23)35(36,37)38)41-32-30(28)42-31(43-32)27-17-40-29(18-39-27)45-13-9-22(10-14-45)33(46)47/h7-8,15-18,21-22H,3-6,9-14,19-20H2,1-2H3,(H,46,47)(H,41,42,43). The molecule has 7 rings (SSSR count). The van der Waals surface area contributed by atoms with Crippen molar-refractivity contribution in [2.24, 2.45) is 11.3 Å². The van der Waals surface area contributed by atoms with E-state index in [0.717, 1.165) is 44.2 Å². The van der Waals surface area contributed by atoms with E-state index in [0.29, 0.717) is 84.4 Å². The second-order valence-electron chi connectivity index (χ2n) is 13.7. The summed E-state index contributed by atoms with van der Waals surface area (Å²) in [7, 11) is 3.71. The molecule has 1 aliphatic heterocycles. The van der Waals surface area contributed by atoms with Crippen LogP contribution in [0, 0.1) is 11.3 Å². The van der Waals surface area contributed by atoms with Crippen LogP contribution in [0.1, 0.15) is 68.4 Å². The zero-order valence-corrected chi connectivity index (χ0v) is 27.2. The largest absolute Gasteiger partial charge is 0.481 e. The third kappa shape index (κ3) is 6.44. The number of pyridine rings is 1. The fourth-order valence-electron chi connectivity index (χ4n) is 7.58. The Morgan fingerprint density at radius 3 is 2.44 bits per heavy atom. The first kappa shape index (κ1) is 32.3. The normalized spacial score (nSPS) is 18.5. The van der Waals surface area contributed by atoms with E-state index in [9.17, 15) is 23.1 Å². The number of rotatable bonds is 10. The summed E-state index contributed by atoms with van der Waals surface area (Å²) in [5.74, 6) is -0.0526. The minimum atomic E-state index is -4.47. The van der Waals surface area contributed by atoms with Gasteiger partial charge in [0.15, 0.2) is 11.5 Å². The van der Waals surface area contributed by atoms with Gasteiger partial charge in [0.05, 0.1) is 41.9 Å². The Balaban J connectivity index is 1.25. The summed E-state index contributed by atoms with van der Waals surface area (Å²) in [5, 5.41) is 9.32. The lowest BCUT2D eigenvalue weighted by molar-refractivity contribution is -0.142. The highest BCUT2D eigenvalue weighted by molar-refractivity contribution is 5.91. The van der Waals surface area contributed by atoms with Crippen LogP contribution in [0.3, 0.4) is 0 Å². The lowest BCUT2D eigenvalue weighted by atomic mass is 9.86. The number of alkyl halides is 3. The van der Waals surface area contributed by atoms with E-state index in [-0.39, 0.29) is 17.3 Å². The maximum absolute atomic E-state index is 14.2. The molecule has 3 fully saturated rings. The zero-order chi connectivity index (χ0) is 33.6. The number of nitrogens with zero attached hydrogens (tertiary/aromatic N) is 6. The molecule has 1 aromatic carbocycles. The van der Waals surface area contributed by atoms with Crippen LogP contribution in [-0.2, 0) is 15.7 Å². The summed E-state index contributed by atoms with van der Waals surface area (Å²) in [6, 6.07) is 6.42. The smallest absolute Gasteiger partial charge is 0.416 e. The summed E-state index contributed by atoms with van der Waals surface area (Å²) in [6.45, 7) is 2.50. The summed E-state index contributed by atoms with van der Waals surface area (Å²) in [6.07, 6.45) is 5.78. The third-order valence-corrected chi connectivity index (χ3v) is 10.3. The van der Waals surface area contributed by atoms with Crippen LogP contribution in [0.15, 0.2) is 36.7 Å². The van der Waals surface area contributed by atoms with Gasteiger partial charge in [0.2, 0.25) is 0 Å². The molecule has 1 saturated heterocycles. The quantitative estimate of drug-likeness (QED) is 0.186. The maximum Gasteiger partial charge on any atom is 0.416 e. The number of imidazole rings is 1. The molecule has 3 aromatic heterocycles. The van der Waals surface area contributed by atoms with Crippen molar-refractivity contribution in [3.8, 4) is 22.8 Å². The Kier molecular flexibility index (Phi) is 8.51. The second kappa shape index (κ2) is 12.6. The number of halogens is 3. The Morgan fingerprint density at radius 2 is 1.81 bits per heavy atom. The molecule has 3 aliphatic rings. The Morgan fingerprint density at radius 1 is 1.06 bits per heavy atom. The highest BCUT2D eigenvalue weighted by atomic mass is 19.4. The van der Waals surface area contributed by atoms with Gasteiger partial charge in [0.1, 0.15) is 17.0 Å². The van der Waals surface area contributed by atoms with E-state index < -0.39 is 17.7 Å². The molecule has 4 heterocycles. The van der Waals surface area contributed by atoms with E-state index in [1.807, 2.05) is 18.0 Å². The SMILES string of the molecule is COCC1(CN(C)c2cc(-c3ccc(C4CC4)c(C(F)(F)F)c3)nc3nc(-c4cnc(N5CCC(C(=O)O)CC5)cn4)[nH]c23)CCCC1. The fourth-order valence-corrected chi connectivity index (χ4v) is 7.58. The Hall–Kier alpha value is -4.26. The highest BCUT2D eigenvalue weighted by Gasteiger charge is 2.39. The molecular weight excluding hydrogens is 623 g/mol. The highest BCUT2D eigenvalue weighted by Crippen LogP contribution is 2.47. The van der Waals surface area contributed by atoms with Crippen molar-refractivity contribution in [1.29, 1.82) is 0 Å². The molecule has 2 N–H and O–H groups in total. The summed E-state index contributed by atoms with van der Waals surface area (Å²) >= 11 is 0. The van der Waals surface area contributed by atoms with Gasteiger partial charge in [-0.15, -0.1) is 0 Å². The van der Waals surface area contributed by atoms with Gasteiger partial charge in [-0.05, 0) is 62.1 Å². The number of piperidine rings is 1. The number of aromatic nitrogens is 5. The van der Waals surface area contributed by atoms with Crippen LogP contribution in [0.5, 0.6) is 0 Å². The maximum atomic E-state index is 14.2. The number of nitrogens with one attached hydrogen (secondary N) is 1. The Bertz CT molecular complexity index is 1790. The van der Waals surface area contributed by atoms with Gasteiger partial charge in [0.25, 0.3) is 0 Å². The second-order valence-corrected chi connectivity index (χ2v) is 13.7. The molecule has 48 heavy (non-hydrogen) atoms. The molecule has 0 amide bonds. The molecule has 13 heteroatoms. The molecule has 254 valence electrons. The van der Waals surface area contributed by atoms with Gasteiger partial charge < -0.3 is 24.6 Å². The van der Waals surface area contributed by atoms with Crippen LogP contribution in [0.2, 0.25) is 0 Å². The molecule has 2 aliphatic carbocycles. The first-order chi connectivity index (χ1) is 23.0. The molecule has 0 radical (unpaired) electrons. The van der Waals surface area contributed by atoms with E-state index >= 15 is 0 Å². The van der Waals surface area contributed by atoms with Crippen molar-refractivity contribution >= 4 is 28.6 Å². The molecular formula is C35H40F3N7O3. The van der Waals surface area contributed by atoms with Crippen molar-refractivity contribution < 1.29 is 27.8 Å². The van der Waals surface area contributed by atoms with Crippen LogP contribution < -0.4 is 9.80 Å². The number of methoxy groups -OCH3 is 1. The van der Waals surface area contributed by atoms with Crippen molar-refractivity contribution in [3.63, 3.8) is 0 Å². The first-order valence-corrected chi connectivity index (χ1v) is 16.7. The van der Waals surface area contributed by atoms with Crippen LogP contribution >= 0.6 is 0 Å². The monoisotopic (exact) mass is 663 g/mol. The number of anilines is 2. The minimum absolute atomic E-state index is 0.0300. The number of hydrogen-bond acceptors (Lipinski definition) is 8. The molecule has 10 nitrogen and oxygen atoms in total. The minimum Gasteiger partial charge on any atom is -0.481 e. The van der Waals surface area contributed by atoms with E-state index in [1.165, 1.54) is 6.07 Å². The van der Waals surface area contributed by atoms with Gasteiger partial charge in [-0.25, -0.2) is 19.9 Å². The predicted molar refractivity (Wildman–Crippen MR) is 176 cm³/mol. The molecule has 0 bridgehead atoms. The first-order valence-electron chi connectivity index (χ1n) is 16.7. The van der Waals surface area contributed by atoms with E-state index in [4.69, 9.17) is 14.7 Å². The zero-order valence-electron chi connectivity index (χ0n) is 27.2. The number of fused-ring (bicyclic) bond motifs is 1.